The van der Waals surface area contributed by atoms with Gasteiger partial charge in [-0.15, -0.1) is 6.58 Å². The predicted octanol–water partition coefficient (Wildman–Crippen LogP) is 2.55. The van der Waals surface area contributed by atoms with Crippen LogP contribution in [-0.4, -0.2) is 13.1 Å². The number of hydrogen-bond donors (Lipinski definition) is 1. The van der Waals surface area contributed by atoms with Crippen LogP contribution < -0.4 is 5.32 Å². The van der Waals surface area contributed by atoms with Crippen LogP contribution in [0, 0.1) is 0 Å². The van der Waals surface area contributed by atoms with Crippen LogP contribution in [0.25, 0.3) is 0 Å². The van der Waals surface area contributed by atoms with Crippen molar-refractivity contribution < 1.29 is 8.78 Å². The average molecular weight is 197 g/mol. The van der Waals surface area contributed by atoms with E-state index in [4.69, 9.17) is 0 Å². The number of nitrogens with one attached hydrogen (secondary N) is 1. The van der Waals surface area contributed by atoms with E-state index < -0.39 is 5.92 Å². The lowest BCUT2D eigenvalue weighted by Gasteiger charge is -2.16. The van der Waals surface area contributed by atoms with Gasteiger partial charge in [0.15, 0.2) is 0 Å². The Bertz CT molecular complexity index is 283. The molecule has 0 heterocycles. The molecule has 0 aromatic heterocycles. The molecule has 0 spiro atoms. The number of hydrogen-bond acceptors (Lipinski definition) is 1. The van der Waals surface area contributed by atoms with E-state index in [-0.39, 0.29) is 12.1 Å². The van der Waals surface area contributed by atoms with Crippen LogP contribution in [0.5, 0.6) is 0 Å². The Morgan fingerprint density at radius 2 is 1.93 bits per heavy atom. The normalized spacial score (nSPS) is 11.3. The lowest BCUT2D eigenvalue weighted by Crippen LogP contribution is -2.30. The topological polar surface area (TPSA) is 12.0 Å². The Balaban J connectivity index is 2.61. The van der Waals surface area contributed by atoms with Gasteiger partial charge in [0, 0.05) is 12.1 Å². The molecule has 0 saturated heterocycles. The minimum Gasteiger partial charge on any atom is -0.307 e. The summed E-state index contributed by atoms with van der Waals surface area (Å²) in [5.41, 5.74) is 0.0385. The molecule has 0 radical (unpaired) electrons. The highest BCUT2D eigenvalue weighted by atomic mass is 19.3. The molecule has 0 bridgehead atoms. The first-order valence-corrected chi connectivity index (χ1v) is 4.42. The van der Waals surface area contributed by atoms with E-state index in [0.717, 1.165) is 0 Å². The zero-order valence-electron chi connectivity index (χ0n) is 7.84. The van der Waals surface area contributed by atoms with Crippen molar-refractivity contribution in [1.82, 2.24) is 5.32 Å². The summed E-state index contributed by atoms with van der Waals surface area (Å²) in [5, 5.41) is 2.61. The Kier molecular flexibility index (Phi) is 3.77. The van der Waals surface area contributed by atoms with Crippen LogP contribution >= 0.6 is 0 Å². The van der Waals surface area contributed by atoms with Gasteiger partial charge in [0.2, 0.25) is 0 Å². The van der Waals surface area contributed by atoms with E-state index in [1.807, 2.05) is 0 Å². The third kappa shape index (κ3) is 2.92. The molecule has 14 heavy (non-hydrogen) atoms. The smallest absolute Gasteiger partial charge is 0.285 e. The van der Waals surface area contributed by atoms with E-state index in [0.29, 0.717) is 6.54 Å². The van der Waals surface area contributed by atoms with Crippen LogP contribution in [0.4, 0.5) is 8.78 Å². The van der Waals surface area contributed by atoms with Gasteiger partial charge in [0.1, 0.15) is 0 Å². The summed E-state index contributed by atoms with van der Waals surface area (Å²) < 4.78 is 26.8. The standard InChI is InChI=1S/C11H13F2N/c1-2-8-14-9-11(12,13)10-6-4-3-5-7-10/h2-7,14H,1,8-9H2. The fourth-order valence-electron chi connectivity index (χ4n) is 1.12. The molecule has 0 fully saturated rings. The van der Waals surface area contributed by atoms with E-state index in [2.05, 4.69) is 11.9 Å². The first-order chi connectivity index (χ1) is 6.67. The quantitative estimate of drug-likeness (QED) is 0.565. The van der Waals surface area contributed by atoms with Crippen LogP contribution in [0.15, 0.2) is 43.0 Å². The molecule has 0 aliphatic rings. The van der Waals surface area contributed by atoms with Crippen molar-refractivity contribution in [2.75, 3.05) is 13.1 Å². The number of alkyl halides is 2. The Hall–Kier alpha value is -1.22. The van der Waals surface area contributed by atoms with Crippen molar-refractivity contribution in [2.24, 2.45) is 0 Å². The lowest BCUT2D eigenvalue weighted by atomic mass is 10.1. The van der Waals surface area contributed by atoms with Crippen LogP contribution in [-0.2, 0) is 5.92 Å². The average Bonchev–Trinajstić information content (AvgIpc) is 2.19. The summed E-state index contributed by atoms with van der Waals surface area (Å²) in [6.07, 6.45) is 1.56. The van der Waals surface area contributed by atoms with E-state index in [1.165, 1.54) is 12.1 Å². The maximum Gasteiger partial charge on any atom is 0.285 e. The van der Waals surface area contributed by atoms with Gasteiger partial charge in [-0.2, -0.15) is 8.78 Å². The van der Waals surface area contributed by atoms with Crippen molar-refractivity contribution >= 4 is 0 Å². The predicted molar refractivity (Wildman–Crippen MR) is 53.4 cm³/mol. The Labute approximate surface area is 82.4 Å². The molecular formula is C11H13F2N. The number of benzene rings is 1. The summed E-state index contributed by atoms with van der Waals surface area (Å²) >= 11 is 0. The third-order valence-electron chi connectivity index (χ3n) is 1.83. The molecule has 0 aliphatic heterocycles. The lowest BCUT2D eigenvalue weighted by molar-refractivity contribution is -0.00219. The summed E-state index contributed by atoms with van der Waals surface area (Å²) in [5.74, 6) is -2.82. The van der Waals surface area contributed by atoms with Crippen LogP contribution in [0.3, 0.4) is 0 Å². The van der Waals surface area contributed by atoms with E-state index >= 15 is 0 Å². The fraction of sp³-hybridized carbons (Fsp3) is 0.273. The SMILES string of the molecule is C=CCNCC(F)(F)c1ccccc1. The van der Waals surface area contributed by atoms with E-state index in [9.17, 15) is 8.78 Å². The molecule has 1 rings (SSSR count). The second-order valence-corrected chi connectivity index (χ2v) is 2.99. The van der Waals surface area contributed by atoms with Gasteiger partial charge in [-0.05, 0) is 0 Å². The molecule has 0 amide bonds. The minimum atomic E-state index is -2.82. The third-order valence-corrected chi connectivity index (χ3v) is 1.83. The second kappa shape index (κ2) is 4.86. The number of rotatable bonds is 5. The molecule has 0 aliphatic carbocycles. The molecule has 1 nitrogen and oxygen atoms in total. The van der Waals surface area contributed by atoms with Crippen molar-refractivity contribution in [3.8, 4) is 0 Å². The van der Waals surface area contributed by atoms with Gasteiger partial charge in [0.25, 0.3) is 5.92 Å². The zero-order chi connectivity index (χ0) is 10.4. The summed E-state index contributed by atoms with van der Waals surface area (Å²) in [6.45, 7) is 3.48. The highest BCUT2D eigenvalue weighted by molar-refractivity contribution is 5.20. The minimum absolute atomic E-state index is 0.0385. The Morgan fingerprint density at radius 1 is 1.29 bits per heavy atom. The van der Waals surface area contributed by atoms with Gasteiger partial charge < -0.3 is 5.32 Å². The summed E-state index contributed by atoms with van der Waals surface area (Å²) in [4.78, 5) is 0. The Morgan fingerprint density at radius 3 is 2.50 bits per heavy atom. The number of halogens is 2. The first-order valence-electron chi connectivity index (χ1n) is 4.42. The van der Waals surface area contributed by atoms with Crippen LogP contribution in [0.2, 0.25) is 0 Å². The van der Waals surface area contributed by atoms with Crippen molar-refractivity contribution in [2.45, 2.75) is 5.92 Å². The molecule has 0 unspecified atom stereocenters. The second-order valence-electron chi connectivity index (χ2n) is 2.99. The largest absolute Gasteiger partial charge is 0.307 e. The monoisotopic (exact) mass is 197 g/mol. The highest BCUT2D eigenvalue weighted by Crippen LogP contribution is 2.26. The maximum atomic E-state index is 13.4. The molecule has 0 atom stereocenters. The van der Waals surface area contributed by atoms with E-state index in [1.54, 1.807) is 24.3 Å². The van der Waals surface area contributed by atoms with Crippen LogP contribution in [0.1, 0.15) is 5.56 Å². The molecule has 1 aromatic rings. The van der Waals surface area contributed by atoms with Gasteiger partial charge in [-0.25, -0.2) is 0 Å². The van der Waals surface area contributed by atoms with Crippen molar-refractivity contribution in [3.05, 3.63) is 48.6 Å². The molecule has 0 saturated carbocycles. The fourth-order valence-corrected chi connectivity index (χ4v) is 1.12. The highest BCUT2D eigenvalue weighted by Gasteiger charge is 2.30. The zero-order valence-corrected chi connectivity index (χ0v) is 7.84. The first kappa shape index (κ1) is 10.9. The van der Waals surface area contributed by atoms with Crippen molar-refractivity contribution in [1.29, 1.82) is 0 Å². The molecule has 1 aromatic carbocycles. The van der Waals surface area contributed by atoms with Crippen molar-refractivity contribution in [3.63, 3.8) is 0 Å². The molecule has 1 N–H and O–H groups in total. The molecular weight excluding hydrogens is 184 g/mol. The maximum absolute atomic E-state index is 13.4. The summed E-state index contributed by atoms with van der Waals surface area (Å²) in [7, 11) is 0. The van der Waals surface area contributed by atoms with Gasteiger partial charge in [0.05, 0.1) is 6.54 Å². The van der Waals surface area contributed by atoms with Gasteiger partial charge in [-0.1, -0.05) is 36.4 Å². The summed E-state index contributed by atoms with van der Waals surface area (Å²) in [6, 6.07) is 7.79. The molecule has 76 valence electrons. The van der Waals surface area contributed by atoms with Gasteiger partial charge in [-0.3, -0.25) is 0 Å². The van der Waals surface area contributed by atoms with Gasteiger partial charge >= 0.3 is 0 Å². The molecule has 3 heteroatoms.